The second kappa shape index (κ2) is 4.87. The molecule has 1 aliphatic heterocycles. The highest BCUT2D eigenvalue weighted by Gasteiger charge is 2.22. The van der Waals surface area contributed by atoms with Gasteiger partial charge in [0.2, 0.25) is 0 Å². The summed E-state index contributed by atoms with van der Waals surface area (Å²) in [5.41, 5.74) is 7.03. The fourth-order valence-electron chi connectivity index (χ4n) is 2.26. The van der Waals surface area contributed by atoms with Crippen LogP contribution in [-0.2, 0) is 9.84 Å². The van der Waals surface area contributed by atoms with E-state index in [1.807, 2.05) is 13.1 Å². The van der Waals surface area contributed by atoms with Gasteiger partial charge in [-0.2, -0.15) is 0 Å². The number of nitrogen functional groups attached to an aromatic ring is 1. The molecule has 3 N–H and O–H groups in total. The molecule has 1 unspecified atom stereocenters. The van der Waals surface area contributed by atoms with Gasteiger partial charge in [-0.25, -0.2) is 8.42 Å². The lowest BCUT2D eigenvalue weighted by Gasteiger charge is -2.33. The number of nitrogens with zero attached hydrogens (tertiary/aromatic N) is 1. The van der Waals surface area contributed by atoms with Gasteiger partial charge in [0.05, 0.1) is 10.6 Å². The molecule has 0 spiro atoms. The van der Waals surface area contributed by atoms with Crippen molar-refractivity contribution >= 4 is 15.5 Å². The Labute approximate surface area is 108 Å². The second-order valence-corrected chi connectivity index (χ2v) is 6.75. The van der Waals surface area contributed by atoms with Gasteiger partial charge in [-0.15, -0.1) is 0 Å². The Balaban J connectivity index is 2.41. The largest absolute Gasteiger partial charge is 0.398 e. The van der Waals surface area contributed by atoms with Gasteiger partial charge in [0.1, 0.15) is 0 Å². The third kappa shape index (κ3) is 2.66. The van der Waals surface area contributed by atoms with E-state index in [1.54, 1.807) is 12.1 Å². The first-order valence-corrected chi connectivity index (χ1v) is 7.79. The molecule has 1 atom stereocenters. The van der Waals surface area contributed by atoms with E-state index >= 15 is 0 Å². The normalized spacial score (nSPS) is 22.0. The van der Waals surface area contributed by atoms with Crippen LogP contribution in [0.1, 0.15) is 11.6 Å². The van der Waals surface area contributed by atoms with E-state index in [0.29, 0.717) is 5.69 Å². The lowest BCUT2D eigenvalue weighted by molar-refractivity contribution is 0.202. The predicted octanol–water partition coefficient (Wildman–Crippen LogP) is 0.248. The number of benzene rings is 1. The van der Waals surface area contributed by atoms with Crippen LogP contribution < -0.4 is 11.1 Å². The van der Waals surface area contributed by atoms with Crippen LogP contribution in [0.4, 0.5) is 5.69 Å². The SMILES string of the molecule is CN1CCNCC1c1ccc(N)c(S(C)(=O)=O)c1. The van der Waals surface area contributed by atoms with Gasteiger partial charge in [-0.05, 0) is 24.7 Å². The highest BCUT2D eigenvalue weighted by Crippen LogP contribution is 2.26. The van der Waals surface area contributed by atoms with E-state index < -0.39 is 9.84 Å². The first-order valence-electron chi connectivity index (χ1n) is 5.90. The summed E-state index contributed by atoms with van der Waals surface area (Å²) in [6.07, 6.45) is 1.19. The van der Waals surface area contributed by atoms with Crippen molar-refractivity contribution in [1.29, 1.82) is 0 Å². The van der Waals surface area contributed by atoms with Crippen LogP contribution in [0.25, 0.3) is 0 Å². The Hall–Kier alpha value is -1.11. The lowest BCUT2D eigenvalue weighted by atomic mass is 10.0. The average Bonchev–Trinajstić information content (AvgIpc) is 2.29. The molecule has 0 aromatic heterocycles. The Morgan fingerprint density at radius 2 is 2.17 bits per heavy atom. The molecule has 0 amide bonds. The zero-order valence-corrected chi connectivity index (χ0v) is 11.5. The number of piperazine rings is 1. The molecule has 100 valence electrons. The molecule has 6 heteroatoms. The standard InChI is InChI=1S/C12H19N3O2S/c1-15-6-5-14-8-11(15)9-3-4-10(13)12(7-9)18(2,16)17/h3-4,7,11,14H,5-6,8,13H2,1-2H3. The lowest BCUT2D eigenvalue weighted by Crippen LogP contribution is -2.43. The van der Waals surface area contributed by atoms with Crippen LogP contribution in [0, 0.1) is 0 Å². The summed E-state index contributed by atoms with van der Waals surface area (Å²) in [4.78, 5) is 2.44. The molecule has 1 aromatic carbocycles. The number of nitrogens with two attached hydrogens (primary N) is 1. The summed E-state index contributed by atoms with van der Waals surface area (Å²) in [7, 11) is -1.23. The van der Waals surface area contributed by atoms with Crippen LogP contribution in [0.3, 0.4) is 0 Å². The molecule has 1 aromatic rings. The maximum atomic E-state index is 11.7. The predicted molar refractivity (Wildman–Crippen MR) is 72.2 cm³/mol. The van der Waals surface area contributed by atoms with Crippen molar-refractivity contribution in [1.82, 2.24) is 10.2 Å². The fourth-order valence-corrected chi connectivity index (χ4v) is 3.10. The van der Waals surface area contributed by atoms with Crippen LogP contribution in [0.5, 0.6) is 0 Å². The van der Waals surface area contributed by atoms with Crippen molar-refractivity contribution in [2.45, 2.75) is 10.9 Å². The van der Waals surface area contributed by atoms with Gasteiger partial charge in [-0.1, -0.05) is 6.07 Å². The topological polar surface area (TPSA) is 75.4 Å². The highest BCUT2D eigenvalue weighted by molar-refractivity contribution is 7.90. The Morgan fingerprint density at radius 3 is 2.78 bits per heavy atom. The summed E-state index contributed by atoms with van der Waals surface area (Å²) in [6, 6.07) is 5.46. The molecule has 0 radical (unpaired) electrons. The minimum Gasteiger partial charge on any atom is -0.398 e. The van der Waals surface area contributed by atoms with Crippen molar-refractivity contribution in [2.75, 3.05) is 38.7 Å². The van der Waals surface area contributed by atoms with E-state index in [2.05, 4.69) is 10.2 Å². The number of nitrogens with one attached hydrogen (secondary N) is 1. The van der Waals surface area contributed by atoms with E-state index in [0.717, 1.165) is 25.2 Å². The first kappa shape index (κ1) is 13.3. The maximum absolute atomic E-state index is 11.7. The summed E-state index contributed by atoms with van der Waals surface area (Å²) >= 11 is 0. The number of likely N-dealkylation sites (N-methyl/N-ethyl adjacent to an activating group) is 1. The summed E-state index contributed by atoms with van der Waals surface area (Å²) in [5.74, 6) is 0. The van der Waals surface area contributed by atoms with Gasteiger partial charge in [-0.3, -0.25) is 4.90 Å². The Kier molecular flexibility index (Phi) is 3.61. The molecule has 0 bridgehead atoms. The molecule has 1 heterocycles. The minimum absolute atomic E-state index is 0.194. The van der Waals surface area contributed by atoms with Crippen LogP contribution in [-0.4, -0.2) is 46.3 Å². The monoisotopic (exact) mass is 269 g/mol. The summed E-state index contributed by atoms with van der Waals surface area (Å²) in [6.45, 7) is 2.73. The molecular formula is C12H19N3O2S. The van der Waals surface area contributed by atoms with Crippen molar-refractivity contribution in [2.24, 2.45) is 0 Å². The van der Waals surface area contributed by atoms with Crippen molar-refractivity contribution < 1.29 is 8.42 Å². The zero-order chi connectivity index (χ0) is 13.3. The molecular weight excluding hydrogens is 250 g/mol. The number of hydrogen-bond acceptors (Lipinski definition) is 5. The molecule has 5 nitrogen and oxygen atoms in total. The van der Waals surface area contributed by atoms with Gasteiger partial charge in [0.15, 0.2) is 9.84 Å². The van der Waals surface area contributed by atoms with Gasteiger partial charge < -0.3 is 11.1 Å². The van der Waals surface area contributed by atoms with Crippen molar-refractivity contribution in [3.8, 4) is 0 Å². The molecule has 1 aliphatic rings. The fraction of sp³-hybridized carbons (Fsp3) is 0.500. The molecule has 1 saturated heterocycles. The van der Waals surface area contributed by atoms with E-state index in [9.17, 15) is 8.42 Å². The number of anilines is 1. The van der Waals surface area contributed by atoms with Gasteiger partial charge in [0, 0.05) is 31.9 Å². The van der Waals surface area contributed by atoms with E-state index in [1.165, 1.54) is 6.26 Å². The minimum atomic E-state index is -3.28. The Morgan fingerprint density at radius 1 is 1.44 bits per heavy atom. The summed E-state index contributed by atoms with van der Waals surface area (Å²) in [5, 5.41) is 3.31. The Bertz CT molecular complexity index is 542. The molecule has 2 rings (SSSR count). The maximum Gasteiger partial charge on any atom is 0.177 e. The number of sulfone groups is 1. The van der Waals surface area contributed by atoms with Gasteiger partial charge in [0.25, 0.3) is 0 Å². The molecule has 0 aliphatic carbocycles. The highest BCUT2D eigenvalue weighted by atomic mass is 32.2. The van der Waals surface area contributed by atoms with Crippen molar-refractivity contribution in [3.05, 3.63) is 23.8 Å². The average molecular weight is 269 g/mol. The van der Waals surface area contributed by atoms with E-state index in [-0.39, 0.29) is 10.9 Å². The quantitative estimate of drug-likeness (QED) is 0.753. The first-order chi connectivity index (χ1) is 8.39. The molecule has 0 saturated carbocycles. The third-order valence-electron chi connectivity index (χ3n) is 3.33. The molecule has 18 heavy (non-hydrogen) atoms. The second-order valence-electron chi connectivity index (χ2n) is 4.77. The van der Waals surface area contributed by atoms with Crippen molar-refractivity contribution in [3.63, 3.8) is 0 Å². The van der Waals surface area contributed by atoms with Gasteiger partial charge >= 0.3 is 0 Å². The third-order valence-corrected chi connectivity index (χ3v) is 4.49. The summed E-state index contributed by atoms with van der Waals surface area (Å²) < 4.78 is 23.3. The number of hydrogen-bond donors (Lipinski definition) is 2. The van der Waals surface area contributed by atoms with Crippen LogP contribution in [0.15, 0.2) is 23.1 Å². The van der Waals surface area contributed by atoms with Crippen LogP contribution >= 0.6 is 0 Å². The van der Waals surface area contributed by atoms with Crippen LogP contribution in [0.2, 0.25) is 0 Å². The molecule has 1 fully saturated rings. The zero-order valence-electron chi connectivity index (χ0n) is 10.7. The van der Waals surface area contributed by atoms with E-state index in [4.69, 9.17) is 5.73 Å². The number of rotatable bonds is 2. The smallest absolute Gasteiger partial charge is 0.177 e.